The van der Waals surface area contributed by atoms with Crippen LogP contribution in [0.4, 0.5) is 26.3 Å². The molecule has 0 N–H and O–H groups in total. The molecule has 3 nitrogen and oxygen atoms in total. The van der Waals surface area contributed by atoms with Crippen LogP contribution in [0.3, 0.4) is 0 Å². The monoisotopic (exact) mass is 480 g/mol. The molecule has 1 heterocycles. The van der Waals surface area contributed by atoms with E-state index < -0.39 is 58.6 Å². The zero-order valence-corrected chi connectivity index (χ0v) is 17.7. The third-order valence-electron chi connectivity index (χ3n) is 6.36. The van der Waals surface area contributed by atoms with E-state index in [9.17, 15) is 35.9 Å². The number of halogens is 6. The van der Waals surface area contributed by atoms with E-state index in [0.717, 1.165) is 37.3 Å². The van der Waals surface area contributed by atoms with Gasteiger partial charge in [-0.05, 0) is 24.5 Å². The zero-order chi connectivity index (χ0) is 24.9. The maximum atomic E-state index is 14.7. The van der Waals surface area contributed by atoms with Crippen LogP contribution in [-0.4, -0.2) is 24.1 Å². The fourth-order valence-electron chi connectivity index (χ4n) is 4.82. The number of alkyl halides is 6. The molecule has 0 bridgehead atoms. The predicted molar refractivity (Wildman–Crippen MR) is 110 cm³/mol. The fraction of sp³-hybridized carbons (Fsp3) is 0.280. The molecule has 0 amide bonds. The number of ketones is 1. The number of esters is 1. The zero-order valence-electron chi connectivity index (χ0n) is 17.7. The molecule has 1 saturated heterocycles. The Morgan fingerprint density at radius 2 is 1.53 bits per heavy atom. The van der Waals surface area contributed by atoms with Crippen LogP contribution in [0.5, 0.6) is 0 Å². The summed E-state index contributed by atoms with van der Waals surface area (Å²) in [6.45, 7) is 1.09. The lowest BCUT2D eigenvalue weighted by atomic mass is 9.68. The standard InChI is InChI=1S/C25H18F6O3/c1-15(32)17-12-20-22(13-17,14-19(24(26,27)28)16-8-4-2-5-9-16)21(33)34-23(20,25(29,30)31)18-10-6-3-7-11-18/h2-11,13-14,20H,12H2,1H3/b19-14+/t20-,22-,23-/m0/s1. The van der Waals surface area contributed by atoms with Crippen molar-refractivity contribution in [3.63, 3.8) is 0 Å². The number of carbonyl (C=O) groups excluding carboxylic acids is 2. The molecular formula is C25H18F6O3. The highest BCUT2D eigenvalue weighted by molar-refractivity contribution is 5.98. The third-order valence-corrected chi connectivity index (χ3v) is 6.36. The summed E-state index contributed by atoms with van der Waals surface area (Å²) in [4.78, 5) is 25.3. The summed E-state index contributed by atoms with van der Waals surface area (Å²) in [5, 5.41) is 0. The van der Waals surface area contributed by atoms with Crippen molar-refractivity contribution in [2.24, 2.45) is 11.3 Å². The normalized spacial score (nSPS) is 27.3. The molecule has 178 valence electrons. The minimum Gasteiger partial charge on any atom is -0.443 e. The Morgan fingerprint density at radius 1 is 0.971 bits per heavy atom. The van der Waals surface area contributed by atoms with Gasteiger partial charge in [0.2, 0.25) is 5.60 Å². The van der Waals surface area contributed by atoms with Gasteiger partial charge in [-0.1, -0.05) is 72.8 Å². The third kappa shape index (κ3) is 3.54. The molecule has 2 aliphatic rings. The van der Waals surface area contributed by atoms with Crippen LogP contribution in [0, 0.1) is 11.3 Å². The first kappa shape index (κ1) is 23.8. The smallest absolute Gasteiger partial charge is 0.433 e. The van der Waals surface area contributed by atoms with Gasteiger partial charge in [0.25, 0.3) is 0 Å². The van der Waals surface area contributed by atoms with Crippen molar-refractivity contribution < 1.29 is 40.7 Å². The predicted octanol–water partition coefficient (Wildman–Crippen LogP) is 6.17. The van der Waals surface area contributed by atoms with E-state index in [2.05, 4.69) is 0 Å². The summed E-state index contributed by atoms with van der Waals surface area (Å²) in [6, 6.07) is 12.7. The number of carbonyl (C=O) groups is 2. The van der Waals surface area contributed by atoms with E-state index in [0.29, 0.717) is 6.08 Å². The molecule has 1 aliphatic carbocycles. The maximum absolute atomic E-state index is 14.7. The number of allylic oxidation sites excluding steroid dienone is 2. The van der Waals surface area contributed by atoms with Gasteiger partial charge in [-0.3, -0.25) is 9.59 Å². The van der Waals surface area contributed by atoms with Crippen LogP contribution in [0.1, 0.15) is 24.5 Å². The molecule has 0 radical (unpaired) electrons. The number of hydrogen-bond acceptors (Lipinski definition) is 3. The van der Waals surface area contributed by atoms with E-state index >= 15 is 0 Å². The van der Waals surface area contributed by atoms with Gasteiger partial charge in [0.15, 0.2) is 5.78 Å². The average Bonchev–Trinajstić information content (AvgIpc) is 3.26. The summed E-state index contributed by atoms with van der Waals surface area (Å²) >= 11 is 0. The van der Waals surface area contributed by atoms with Crippen LogP contribution < -0.4 is 0 Å². The number of ether oxygens (including phenoxy) is 1. The van der Waals surface area contributed by atoms with Crippen molar-refractivity contribution in [1.29, 1.82) is 0 Å². The minimum atomic E-state index is -5.17. The molecule has 3 atom stereocenters. The molecule has 0 aromatic heterocycles. The van der Waals surface area contributed by atoms with Crippen LogP contribution in [0.2, 0.25) is 0 Å². The second-order valence-corrected chi connectivity index (χ2v) is 8.33. The van der Waals surface area contributed by atoms with Gasteiger partial charge in [-0.2, -0.15) is 26.3 Å². The Labute approximate surface area is 190 Å². The SMILES string of the molecule is CC(=O)C1=C[C@@]2(/C=C(\c3ccccc3)C(F)(F)F)C(=O)O[C@](c3ccccc3)(C(F)(F)F)[C@H]2C1. The van der Waals surface area contributed by atoms with Gasteiger partial charge in [-0.25, -0.2) is 0 Å². The first-order chi connectivity index (χ1) is 15.8. The summed E-state index contributed by atoms with van der Waals surface area (Å²) in [7, 11) is 0. The summed E-state index contributed by atoms with van der Waals surface area (Å²) in [5.74, 6) is -3.98. The van der Waals surface area contributed by atoms with Gasteiger partial charge in [-0.15, -0.1) is 0 Å². The van der Waals surface area contributed by atoms with Crippen LogP contribution >= 0.6 is 0 Å². The Bertz CT molecular complexity index is 1180. The number of hydrogen-bond donors (Lipinski definition) is 0. The summed E-state index contributed by atoms with van der Waals surface area (Å²) in [5.41, 5.74) is -7.89. The lowest BCUT2D eigenvalue weighted by Gasteiger charge is -2.36. The lowest BCUT2D eigenvalue weighted by molar-refractivity contribution is -0.278. The Hall–Kier alpha value is -3.36. The number of cyclic esters (lactones) is 1. The van der Waals surface area contributed by atoms with Gasteiger partial charge < -0.3 is 4.74 Å². The van der Waals surface area contributed by atoms with Crippen molar-refractivity contribution in [1.82, 2.24) is 0 Å². The van der Waals surface area contributed by atoms with E-state index in [1.165, 1.54) is 36.4 Å². The second-order valence-electron chi connectivity index (χ2n) is 8.33. The first-order valence-electron chi connectivity index (χ1n) is 10.3. The highest BCUT2D eigenvalue weighted by Gasteiger charge is 2.76. The molecule has 2 aromatic carbocycles. The molecule has 2 aromatic rings. The van der Waals surface area contributed by atoms with Gasteiger partial charge >= 0.3 is 18.3 Å². The Balaban J connectivity index is 2.03. The van der Waals surface area contributed by atoms with Crippen molar-refractivity contribution in [3.8, 4) is 0 Å². The average molecular weight is 480 g/mol. The van der Waals surface area contributed by atoms with E-state index in [4.69, 9.17) is 4.74 Å². The lowest BCUT2D eigenvalue weighted by Crippen LogP contribution is -2.48. The largest absolute Gasteiger partial charge is 0.443 e. The molecule has 0 saturated carbocycles. The van der Waals surface area contributed by atoms with Crippen LogP contribution in [0.15, 0.2) is 78.4 Å². The summed E-state index contributed by atoms with van der Waals surface area (Å²) in [6.07, 6.45) is -9.35. The van der Waals surface area contributed by atoms with Gasteiger partial charge in [0, 0.05) is 11.5 Å². The molecule has 0 unspecified atom stereocenters. The molecular weight excluding hydrogens is 462 g/mol. The molecule has 34 heavy (non-hydrogen) atoms. The molecule has 4 rings (SSSR count). The fourth-order valence-corrected chi connectivity index (χ4v) is 4.82. The molecule has 1 fully saturated rings. The maximum Gasteiger partial charge on any atom is 0.433 e. The topological polar surface area (TPSA) is 43.4 Å². The first-order valence-corrected chi connectivity index (χ1v) is 10.3. The minimum absolute atomic E-state index is 0.156. The van der Waals surface area contributed by atoms with E-state index in [1.54, 1.807) is 0 Å². The van der Waals surface area contributed by atoms with E-state index in [-0.39, 0.29) is 11.1 Å². The highest BCUT2D eigenvalue weighted by atomic mass is 19.4. The Kier molecular flexibility index (Phi) is 5.49. The summed E-state index contributed by atoms with van der Waals surface area (Å²) < 4.78 is 91.4. The Morgan fingerprint density at radius 3 is 2.03 bits per heavy atom. The van der Waals surface area contributed by atoms with Crippen molar-refractivity contribution in [2.75, 3.05) is 0 Å². The van der Waals surface area contributed by atoms with Crippen molar-refractivity contribution in [3.05, 3.63) is 89.5 Å². The van der Waals surface area contributed by atoms with Crippen molar-refractivity contribution in [2.45, 2.75) is 31.3 Å². The number of benzene rings is 2. The molecule has 1 aliphatic heterocycles. The van der Waals surface area contributed by atoms with Gasteiger partial charge in [0.1, 0.15) is 5.41 Å². The van der Waals surface area contributed by atoms with Crippen LogP contribution in [0.25, 0.3) is 5.57 Å². The van der Waals surface area contributed by atoms with Crippen molar-refractivity contribution >= 4 is 17.3 Å². The van der Waals surface area contributed by atoms with E-state index in [1.807, 2.05) is 0 Å². The van der Waals surface area contributed by atoms with Crippen LogP contribution in [-0.2, 0) is 19.9 Å². The second kappa shape index (κ2) is 7.85. The quantitative estimate of drug-likeness (QED) is 0.389. The number of rotatable bonds is 4. The molecule has 9 heteroatoms. The number of fused-ring (bicyclic) bond motifs is 1. The van der Waals surface area contributed by atoms with Gasteiger partial charge in [0.05, 0.1) is 5.57 Å². The number of Topliss-reactive ketones (excluding diaryl/α,β-unsaturated/α-hetero) is 1. The highest BCUT2D eigenvalue weighted by Crippen LogP contribution is 2.65. The molecule has 0 spiro atoms.